The van der Waals surface area contributed by atoms with Crippen LogP contribution in [0.1, 0.15) is 37.4 Å². The van der Waals surface area contributed by atoms with Gasteiger partial charge in [-0.05, 0) is 49.6 Å². The van der Waals surface area contributed by atoms with E-state index >= 15 is 0 Å². The number of nitrogens with zero attached hydrogens (tertiary/aromatic N) is 3. The summed E-state index contributed by atoms with van der Waals surface area (Å²) in [6.45, 7) is 2.99. The third-order valence-corrected chi connectivity index (χ3v) is 5.63. The number of amides is 1. The Kier molecular flexibility index (Phi) is 7.00. The molecule has 8 nitrogen and oxygen atoms in total. The van der Waals surface area contributed by atoms with Crippen molar-refractivity contribution in [3.8, 4) is 23.5 Å². The van der Waals surface area contributed by atoms with Crippen molar-refractivity contribution in [1.29, 1.82) is 5.26 Å². The molecule has 1 saturated heterocycles. The normalized spacial score (nSPS) is 14.5. The first kappa shape index (κ1) is 24.2. The summed E-state index contributed by atoms with van der Waals surface area (Å²) in [6.07, 6.45) is -1.58. The van der Waals surface area contributed by atoms with Crippen LogP contribution in [0.25, 0.3) is 11.7 Å². The highest BCUT2D eigenvalue weighted by Gasteiger charge is 2.33. The van der Waals surface area contributed by atoms with Crippen LogP contribution in [0.5, 0.6) is 5.75 Å². The number of hydrogen-bond acceptors (Lipinski definition) is 7. The van der Waals surface area contributed by atoms with Crippen molar-refractivity contribution in [3.63, 3.8) is 0 Å². The van der Waals surface area contributed by atoms with E-state index in [1.807, 2.05) is 17.9 Å². The van der Waals surface area contributed by atoms with Crippen molar-refractivity contribution in [2.75, 3.05) is 29.9 Å². The predicted molar refractivity (Wildman–Crippen MR) is 120 cm³/mol. The Morgan fingerprint density at radius 2 is 2.09 bits per heavy atom. The Bertz CT molecular complexity index is 1210. The van der Waals surface area contributed by atoms with E-state index < -0.39 is 17.7 Å². The molecule has 2 aromatic heterocycles. The van der Waals surface area contributed by atoms with Gasteiger partial charge in [-0.15, -0.1) is 0 Å². The molecule has 4 rings (SSSR count). The van der Waals surface area contributed by atoms with Gasteiger partial charge in [0.1, 0.15) is 11.8 Å². The van der Waals surface area contributed by atoms with E-state index in [1.54, 1.807) is 12.1 Å². The molecule has 1 aliphatic heterocycles. The van der Waals surface area contributed by atoms with E-state index in [9.17, 15) is 23.2 Å². The lowest BCUT2D eigenvalue weighted by Crippen LogP contribution is -2.38. The van der Waals surface area contributed by atoms with E-state index in [2.05, 4.69) is 10.3 Å². The van der Waals surface area contributed by atoms with Crippen molar-refractivity contribution in [2.45, 2.75) is 32.4 Å². The molecule has 1 aromatic carbocycles. The van der Waals surface area contributed by atoms with Gasteiger partial charge in [0.15, 0.2) is 5.76 Å². The van der Waals surface area contributed by atoms with Gasteiger partial charge in [-0.25, -0.2) is 0 Å². The summed E-state index contributed by atoms with van der Waals surface area (Å²) in [5.74, 6) is 0.245. The fourth-order valence-electron chi connectivity index (χ4n) is 3.83. The third kappa shape index (κ3) is 5.42. The Hall–Kier alpha value is -3.94. The van der Waals surface area contributed by atoms with Gasteiger partial charge in [0, 0.05) is 19.0 Å². The lowest BCUT2D eigenvalue weighted by Gasteiger charge is -2.31. The quantitative estimate of drug-likeness (QED) is 0.470. The maximum atomic E-state index is 13.2. The van der Waals surface area contributed by atoms with Crippen molar-refractivity contribution >= 4 is 17.5 Å². The summed E-state index contributed by atoms with van der Waals surface area (Å²) in [5.41, 5.74) is -0.764. The Labute approximate surface area is 199 Å². The average molecular weight is 488 g/mol. The molecular formula is C24H23F3N4O4. The maximum Gasteiger partial charge on any atom is 0.416 e. The van der Waals surface area contributed by atoms with Gasteiger partial charge in [0.05, 0.1) is 24.1 Å². The van der Waals surface area contributed by atoms with Crippen molar-refractivity contribution in [3.05, 3.63) is 47.9 Å². The lowest BCUT2D eigenvalue weighted by atomic mass is 9.95. The van der Waals surface area contributed by atoms with Gasteiger partial charge >= 0.3 is 6.18 Å². The van der Waals surface area contributed by atoms with Gasteiger partial charge in [-0.1, -0.05) is 6.92 Å². The zero-order valence-electron chi connectivity index (χ0n) is 18.9. The smallest absolute Gasteiger partial charge is 0.416 e. The minimum absolute atomic E-state index is 0.00852. The number of benzene rings is 1. The zero-order chi connectivity index (χ0) is 25.0. The highest BCUT2D eigenvalue weighted by Crippen LogP contribution is 2.36. The molecule has 184 valence electrons. The number of alkyl halides is 3. The second-order valence-electron chi connectivity index (χ2n) is 8.07. The minimum atomic E-state index is -4.54. The van der Waals surface area contributed by atoms with Crippen LogP contribution in [0.4, 0.5) is 24.7 Å². The highest BCUT2D eigenvalue weighted by molar-refractivity contribution is 5.94. The van der Waals surface area contributed by atoms with Gasteiger partial charge < -0.3 is 23.8 Å². The summed E-state index contributed by atoms with van der Waals surface area (Å²) in [4.78, 5) is 18.9. The maximum absolute atomic E-state index is 13.2. The van der Waals surface area contributed by atoms with Crippen LogP contribution in [0.2, 0.25) is 0 Å². The molecule has 1 aliphatic rings. The van der Waals surface area contributed by atoms with E-state index in [0.717, 1.165) is 12.1 Å². The molecule has 0 unspecified atom stereocenters. The average Bonchev–Trinajstić information content (AvgIpc) is 3.52. The molecule has 3 heterocycles. The topological polar surface area (TPSA) is 105 Å². The summed E-state index contributed by atoms with van der Waals surface area (Å²) in [5, 5.41) is 12.1. The molecular weight excluding hydrogens is 465 g/mol. The number of aromatic nitrogens is 1. The monoisotopic (exact) mass is 488 g/mol. The third-order valence-electron chi connectivity index (χ3n) is 5.63. The van der Waals surface area contributed by atoms with Crippen LogP contribution < -0.4 is 15.0 Å². The summed E-state index contributed by atoms with van der Waals surface area (Å²) >= 11 is 0. The molecule has 1 N–H and O–H groups in total. The van der Waals surface area contributed by atoms with Crippen LogP contribution in [0.15, 0.2) is 45.4 Å². The van der Waals surface area contributed by atoms with Gasteiger partial charge in [0.25, 0.3) is 5.89 Å². The second kappa shape index (κ2) is 10.1. The number of anilines is 2. The number of piperidine rings is 1. The number of halogens is 3. The molecule has 0 atom stereocenters. The van der Waals surface area contributed by atoms with Gasteiger partial charge in [-0.2, -0.15) is 23.4 Å². The Morgan fingerprint density at radius 3 is 2.71 bits per heavy atom. The highest BCUT2D eigenvalue weighted by atomic mass is 19.4. The van der Waals surface area contributed by atoms with E-state index in [0.29, 0.717) is 50.6 Å². The number of hydrogen-bond donors (Lipinski definition) is 1. The number of ether oxygens (including phenoxy) is 1. The van der Waals surface area contributed by atoms with Gasteiger partial charge in [0.2, 0.25) is 17.5 Å². The van der Waals surface area contributed by atoms with Crippen LogP contribution in [-0.2, 0) is 11.0 Å². The van der Waals surface area contributed by atoms with Crippen LogP contribution in [0.3, 0.4) is 0 Å². The molecule has 1 fully saturated rings. The van der Waals surface area contributed by atoms with E-state index in [4.69, 9.17) is 13.6 Å². The van der Waals surface area contributed by atoms with Crippen molar-refractivity contribution in [2.24, 2.45) is 5.92 Å². The first-order chi connectivity index (χ1) is 16.8. The lowest BCUT2D eigenvalue weighted by molar-refractivity contribution is -0.137. The number of carbonyl (C=O) groups excluding carboxylic acids is 1. The number of carbonyl (C=O) groups is 1. The predicted octanol–water partition coefficient (Wildman–Crippen LogP) is 5.47. The number of furan rings is 1. The molecule has 11 heteroatoms. The summed E-state index contributed by atoms with van der Waals surface area (Å²) < 4.78 is 56.2. The number of rotatable bonds is 7. The molecule has 1 amide bonds. The van der Waals surface area contributed by atoms with Crippen LogP contribution in [0, 0.1) is 17.2 Å². The van der Waals surface area contributed by atoms with E-state index in [-0.39, 0.29) is 28.9 Å². The molecule has 0 saturated carbocycles. The summed E-state index contributed by atoms with van der Waals surface area (Å²) in [7, 11) is 0. The standard InChI is InChI=1S/C24H23F3N4O4/c1-2-11-33-19-6-5-16(24(25,26)27)13-17(19)29-21(32)15-7-9-31(10-8-15)23-18(14-28)30-22(35-23)20-4-3-12-34-20/h3-6,12-13,15H,2,7-11H2,1H3,(H,29,32). The molecule has 0 bridgehead atoms. The fraction of sp³-hybridized carbons (Fsp3) is 0.375. The first-order valence-corrected chi connectivity index (χ1v) is 11.1. The minimum Gasteiger partial charge on any atom is -0.491 e. The Morgan fingerprint density at radius 1 is 1.31 bits per heavy atom. The number of nitriles is 1. The molecule has 0 aliphatic carbocycles. The molecule has 3 aromatic rings. The second-order valence-corrected chi connectivity index (χ2v) is 8.07. The molecule has 0 radical (unpaired) electrons. The van der Waals surface area contributed by atoms with Gasteiger partial charge in [-0.3, -0.25) is 4.79 Å². The van der Waals surface area contributed by atoms with E-state index in [1.165, 1.54) is 12.3 Å². The first-order valence-electron chi connectivity index (χ1n) is 11.1. The summed E-state index contributed by atoms with van der Waals surface area (Å²) in [6, 6.07) is 8.40. The van der Waals surface area contributed by atoms with Crippen molar-refractivity contribution < 1.29 is 31.5 Å². The Balaban J connectivity index is 1.44. The number of oxazole rings is 1. The SMILES string of the molecule is CCCOc1ccc(C(F)(F)F)cc1NC(=O)C1CCN(c2oc(-c3ccco3)nc2C#N)CC1. The van der Waals surface area contributed by atoms with Crippen LogP contribution in [-0.4, -0.2) is 30.6 Å². The molecule has 0 spiro atoms. The number of nitrogens with one attached hydrogen (secondary N) is 1. The fourth-order valence-corrected chi connectivity index (χ4v) is 3.83. The van der Waals surface area contributed by atoms with Crippen LogP contribution >= 0.6 is 0 Å². The van der Waals surface area contributed by atoms with Crippen molar-refractivity contribution in [1.82, 2.24) is 4.98 Å². The zero-order valence-corrected chi connectivity index (χ0v) is 18.9. The largest absolute Gasteiger partial charge is 0.491 e. The molecule has 35 heavy (non-hydrogen) atoms.